The van der Waals surface area contributed by atoms with Gasteiger partial charge in [0.2, 0.25) is 0 Å². The van der Waals surface area contributed by atoms with Crippen LogP contribution in [-0.4, -0.2) is 16.3 Å². The van der Waals surface area contributed by atoms with Crippen molar-refractivity contribution in [3.8, 4) is 0 Å². The van der Waals surface area contributed by atoms with Crippen LogP contribution in [0.5, 0.6) is 0 Å². The molecular formula is C15H20F2O2. The Morgan fingerprint density at radius 1 is 1.26 bits per heavy atom. The molecule has 0 saturated carbocycles. The molecule has 0 aliphatic carbocycles. The molecule has 19 heavy (non-hydrogen) atoms. The lowest BCUT2D eigenvalue weighted by molar-refractivity contribution is -0.0882. The van der Waals surface area contributed by atoms with Gasteiger partial charge in [-0.25, -0.2) is 8.78 Å². The number of rotatable bonds is 2. The molecule has 1 heterocycles. The minimum atomic E-state index is -1.00. The van der Waals surface area contributed by atoms with E-state index in [2.05, 4.69) is 0 Å². The predicted octanol–water partition coefficient (Wildman–Crippen LogP) is 3.59. The number of benzene rings is 1. The molecule has 2 unspecified atom stereocenters. The lowest BCUT2D eigenvalue weighted by atomic mass is 9.80. The van der Waals surface area contributed by atoms with Crippen LogP contribution in [0.3, 0.4) is 0 Å². The Bertz CT molecular complexity index is 483. The molecule has 0 bridgehead atoms. The van der Waals surface area contributed by atoms with Gasteiger partial charge in [-0.05, 0) is 40.2 Å². The topological polar surface area (TPSA) is 29.5 Å². The zero-order valence-electron chi connectivity index (χ0n) is 11.7. The van der Waals surface area contributed by atoms with E-state index < -0.39 is 23.3 Å². The Morgan fingerprint density at radius 3 is 2.37 bits per heavy atom. The van der Waals surface area contributed by atoms with E-state index in [9.17, 15) is 13.9 Å². The standard InChI is InChI=1S/C15H20F2O2/c1-14(2)8-11(15(3,4)19-14)13(18)10-6-5-9(16)7-12(10)17/h5-7,11,13,18H,8H2,1-4H3. The number of aliphatic hydroxyl groups excluding tert-OH is 1. The molecular weight excluding hydrogens is 250 g/mol. The summed E-state index contributed by atoms with van der Waals surface area (Å²) in [7, 11) is 0. The minimum Gasteiger partial charge on any atom is -0.388 e. The number of ether oxygens (including phenoxy) is 1. The van der Waals surface area contributed by atoms with E-state index >= 15 is 0 Å². The van der Waals surface area contributed by atoms with Crippen LogP contribution in [0.15, 0.2) is 18.2 Å². The molecule has 106 valence electrons. The summed E-state index contributed by atoms with van der Waals surface area (Å²) in [6.45, 7) is 7.67. The van der Waals surface area contributed by atoms with Crippen LogP contribution in [0.25, 0.3) is 0 Å². The van der Waals surface area contributed by atoms with Gasteiger partial charge in [0.15, 0.2) is 0 Å². The first-order valence-electron chi connectivity index (χ1n) is 6.45. The summed E-state index contributed by atoms with van der Waals surface area (Å²) in [5.74, 6) is -1.59. The highest BCUT2D eigenvalue weighted by atomic mass is 19.1. The molecule has 1 fully saturated rings. The van der Waals surface area contributed by atoms with E-state index in [0.29, 0.717) is 6.42 Å². The van der Waals surface area contributed by atoms with E-state index in [1.807, 2.05) is 27.7 Å². The van der Waals surface area contributed by atoms with Crippen LogP contribution in [0.1, 0.15) is 45.8 Å². The predicted molar refractivity (Wildman–Crippen MR) is 68.7 cm³/mol. The Labute approximate surface area is 112 Å². The Hall–Kier alpha value is -1.00. The summed E-state index contributed by atoms with van der Waals surface area (Å²) >= 11 is 0. The Balaban J connectivity index is 2.31. The van der Waals surface area contributed by atoms with Crippen LogP contribution in [0, 0.1) is 17.6 Å². The van der Waals surface area contributed by atoms with Crippen molar-refractivity contribution in [3.05, 3.63) is 35.4 Å². The highest BCUT2D eigenvalue weighted by Gasteiger charge is 2.49. The second-order valence-corrected chi connectivity index (χ2v) is 6.39. The van der Waals surface area contributed by atoms with Crippen LogP contribution in [0.2, 0.25) is 0 Å². The van der Waals surface area contributed by atoms with Gasteiger partial charge < -0.3 is 9.84 Å². The molecule has 2 atom stereocenters. The fourth-order valence-electron chi connectivity index (χ4n) is 3.05. The monoisotopic (exact) mass is 270 g/mol. The summed E-state index contributed by atoms with van der Waals surface area (Å²) in [5, 5.41) is 10.4. The van der Waals surface area contributed by atoms with Crippen LogP contribution >= 0.6 is 0 Å². The van der Waals surface area contributed by atoms with Crippen molar-refractivity contribution >= 4 is 0 Å². The van der Waals surface area contributed by atoms with Crippen molar-refractivity contribution in [2.24, 2.45) is 5.92 Å². The van der Waals surface area contributed by atoms with Gasteiger partial charge >= 0.3 is 0 Å². The number of halogens is 2. The molecule has 0 aromatic heterocycles. The van der Waals surface area contributed by atoms with Crippen molar-refractivity contribution in [1.82, 2.24) is 0 Å². The highest BCUT2D eigenvalue weighted by Crippen LogP contribution is 2.47. The van der Waals surface area contributed by atoms with E-state index in [0.717, 1.165) is 12.1 Å². The zero-order chi connectivity index (χ0) is 14.4. The quantitative estimate of drug-likeness (QED) is 0.890. The summed E-state index contributed by atoms with van der Waals surface area (Å²) in [4.78, 5) is 0. The molecule has 1 N–H and O–H groups in total. The molecule has 0 spiro atoms. The van der Waals surface area contributed by atoms with Gasteiger partial charge in [-0.2, -0.15) is 0 Å². The van der Waals surface area contributed by atoms with Crippen molar-refractivity contribution in [2.45, 2.75) is 51.4 Å². The van der Waals surface area contributed by atoms with E-state index in [-0.39, 0.29) is 17.1 Å². The molecule has 1 aliphatic heterocycles. The molecule has 0 amide bonds. The third-order valence-corrected chi connectivity index (χ3v) is 3.81. The molecule has 1 aliphatic rings. The molecule has 4 heteroatoms. The average molecular weight is 270 g/mol. The number of aliphatic hydroxyl groups is 1. The van der Waals surface area contributed by atoms with E-state index in [1.165, 1.54) is 6.07 Å². The zero-order valence-corrected chi connectivity index (χ0v) is 11.7. The highest BCUT2D eigenvalue weighted by molar-refractivity contribution is 5.23. The number of hydrogen-bond acceptors (Lipinski definition) is 2. The van der Waals surface area contributed by atoms with Crippen LogP contribution in [0.4, 0.5) is 8.78 Å². The summed E-state index contributed by atoms with van der Waals surface area (Å²) in [5.41, 5.74) is -0.782. The van der Waals surface area contributed by atoms with E-state index in [4.69, 9.17) is 4.74 Å². The van der Waals surface area contributed by atoms with Gasteiger partial charge in [0.1, 0.15) is 11.6 Å². The van der Waals surface area contributed by atoms with Gasteiger partial charge in [0.05, 0.1) is 17.3 Å². The Kier molecular flexibility index (Phi) is 3.43. The lowest BCUT2D eigenvalue weighted by Crippen LogP contribution is -2.33. The average Bonchev–Trinajstić information content (AvgIpc) is 2.45. The normalized spacial score (nSPS) is 26.4. The third kappa shape index (κ3) is 2.79. The lowest BCUT2D eigenvalue weighted by Gasteiger charge is -2.30. The SMILES string of the molecule is CC1(C)CC(C(O)c2ccc(F)cc2F)C(C)(C)O1. The van der Waals surface area contributed by atoms with Crippen molar-refractivity contribution in [3.63, 3.8) is 0 Å². The minimum absolute atomic E-state index is 0.126. The maximum absolute atomic E-state index is 13.8. The van der Waals surface area contributed by atoms with Crippen molar-refractivity contribution < 1.29 is 18.6 Å². The van der Waals surface area contributed by atoms with Gasteiger partial charge in [0.25, 0.3) is 0 Å². The summed E-state index contributed by atoms with van der Waals surface area (Å²) in [6, 6.07) is 3.26. The molecule has 2 nitrogen and oxygen atoms in total. The summed E-state index contributed by atoms with van der Waals surface area (Å²) < 4.78 is 32.6. The first-order valence-corrected chi connectivity index (χ1v) is 6.45. The molecule has 1 aromatic rings. The molecule has 0 radical (unpaired) electrons. The van der Waals surface area contributed by atoms with Crippen LogP contribution < -0.4 is 0 Å². The fraction of sp³-hybridized carbons (Fsp3) is 0.600. The maximum Gasteiger partial charge on any atom is 0.131 e. The van der Waals surface area contributed by atoms with Crippen molar-refractivity contribution in [1.29, 1.82) is 0 Å². The second-order valence-electron chi connectivity index (χ2n) is 6.39. The Morgan fingerprint density at radius 2 is 1.89 bits per heavy atom. The summed E-state index contributed by atoms with van der Waals surface area (Å²) in [6.07, 6.45) is -0.379. The fourth-order valence-corrected chi connectivity index (χ4v) is 3.05. The molecule has 1 aromatic carbocycles. The van der Waals surface area contributed by atoms with Gasteiger partial charge in [0, 0.05) is 17.5 Å². The largest absolute Gasteiger partial charge is 0.388 e. The number of hydrogen-bond donors (Lipinski definition) is 1. The van der Waals surface area contributed by atoms with E-state index in [1.54, 1.807) is 0 Å². The van der Waals surface area contributed by atoms with Crippen molar-refractivity contribution in [2.75, 3.05) is 0 Å². The van der Waals surface area contributed by atoms with Gasteiger partial charge in [-0.1, -0.05) is 6.07 Å². The van der Waals surface area contributed by atoms with Gasteiger partial charge in [-0.15, -0.1) is 0 Å². The molecule has 1 saturated heterocycles. The third-order valence-electron chi connectivity index (χ3n) is 3.81. The smallest absolute Gasteiger partial charge is 0.131 e. The van der Waals surface area contributed by atoms with Gasteiger partial charge in [-0.3, -0.25) is 0 Å². The maximum atomic E-state index is 13.8. The first-order chi connectivity index (χ1) is 8.62. The second kappa shape index (κ2) is 4.53. The van der Waals surface area contributed by atoms with Crippen LogP contribution in [-0.2, 0) is 4.74 Å². The molecule has 2 rings (SSSR count). The first kappa shape index (κ1) is 14.4.